The molecule has 0 amide bonds. The molecule has 1 unspecified atom stereocenters. The number of hydrogen-bond donors (Lipinski definition) is 0. The number of benzene rings is 1. The van der Waals surface area contributed by atoms with Crippen LogP contribution in [0.3, 0.4) is 0 Å². The predicted molar refractivity (Wildman–Crippen MR) is 90.4 cm³/mol. The Morgan fingerprint density at radius 3 is 1.96 bits per heavy atom. The molecule has 0 N–H and O–H groups in total. The molecule has 0 aromatic heterocycles. The summed E-state index contributed by atoms with van der Waals surface area (Å²) in [5.74, 6) is -2.53. The summed E-state index contributed by atoms with van der Waals surface area (Å²) < 4.78 is 51.4. The van der Waals surface area contributed by atoms with Crippen LogP contribution in [0, 0.1) is 11.8 Å². The van der Waals surface area contributed by atoms with Gasteiger partial charge in [-0.15, -0.1) is 0 Å². The van der Waals surface area contributed by atoms with Gasteiger partial charge in [0.1, 0.15) is 0 Å². The van der Waals surface area contributed by atoms with E-state index < -0.39 is 41.1 Å². The molecule has 0 saturated heterocycles. The molecule has 0 saturated carbocycles. The number of Topliss-reactive ketones (excluding diaryl/α,β-unsaturated/α-hetero) is 1. The fraction of sp³-hybridized carbons (Fsp3) is 0.579. The lowest BCUT2D eigenvalue weighted by atomic mass is 9.91. The average molecular weight is 374 g/mol. The molecule has 0 heterocycles. The van der Waals surface area contributed by atoms with E-state index in [0.717, 1.165) is 19.2 Å². The summed E-state index contributed by atoms with van der Waals surface area (Å²) in [6.07, 6.45) is -6.23. The molecule has 146 valence electrons. The maximum Gasteiger partial charge on any atom is 0.432 e. The molecule has 0 radical (unpaired) electrons. The summed E-state index contributed by atoms with van der Waals surface area (Å²) in [7, 11) is 0.794. The van der Waals surface area contributed by atoms with E-state index in [1.807, 2.05) is 0 Å². The number of ether oxygens (including phenoxy) is 2. The highest BCUT2D eigenvalue weighted by atomic mass is 19.4. The zero-order chi connectivity index (χ0) is 20.1. The molecule has 7 heteroatoms. The third kappa shape index (κ3) is 4.63. The average Bonchev–Trinajstić information content (AvgIpc) is 2.52. The molecular weight excluding hydrogens is 349 g/mol. The zero-order valence-electron chi connectivity index (χ0n) is 15.6. The van der Waals surface area contributed by atoms with Gasteiger partial charge in [0.25, 0.3) is 5.60 Å². The third-order valence-corrected chi connectivity index (χ3v) is 3.94. The van der Waals surface area contributed by atoms with Crippen molar-refractivity contribution in [2.45, 2.75) is 52.0 Å². The second-order valence-electron chi connectivity index (χ2n) is 6.88. The van der Waals surface area contributed by atoms with E-state index in [4.69, 9.17) is 4.74 Å². The largest absolute Gasteiger partial charge is 0.451 e. The molecule has 0 fully saturated rings. The van der Waals surface area contributed by atoms with E-state index in [1.54, 1.807) is 27.7 Å². The predicted octanol–water partition coefficient (Wildman–Crippen LogP) is 4.27. The van der Waals surface area contributed by atoms with Gasteiger partial charge < -0.3 is 9.47 Å². The molecule has 2 atom stereocenters. The molecule has 26 heavy (non-hydrogen) atoms. The Labute approximate surface area is 151 Å². The van der Waals surface area contributed by atoms with E-state index >= 15 is 0 Å². The number of rotatable bonds is 8. The Morgan fingerprint density at radius 2 is 1.58 bits per heavy atom. The van der Waals surface area contributed by atoms with Crippen molar-refractivity contribution in [3.8, 4) is 0 Å². The van der Waals surface area contributed by atoms with Crippen molar-refractivity contribution in [1.29, 1.82) is 0 Å². The number of hydrogen-bond acceptors (Lipinski definition) is 4. The first-order valence-corrected chi connectivity index (χ1v) is 8.38. The molecule has 0 aliphatic rings. The Bertz CT molecular complexity index is 611. The van der Waals surface area contributed by atoms with Crippen molar-refractivity contribution in [3.05, 3.63) is 35.9 Å². The smallest absolute Gasteiger partial charge is 0.432 e. The van der Waals surface area contributed by atoms with Crippen LogP contribution >= 0.6 is 0 Å². The van der Waals surface area contributed by atoms with E-state index in [9.17, 15) is 22.8 Å². The van der Waals surface area contributed by atoms with Crippen molar-refractivity contribution in [3.63, 3.8) is 0 Å². The first-order chi connectivity index (χ1) is 12.0. The Hall–Kier alpha value is -1.89. The van der Waals surface area contributed by atoms with Crippen LogP contribution in [-0.2, 0) is 24.7 Å². The fourth-order valence-electron chi connectivity index (χ4n) is 2.68. The summed E-state index contributed by atoms with van der Waals surface area (Å²) in [5, 5.41) is 0. The lowest BCUT2D eigenvalue weighted by Gasteiger charge is -2.34. The van der Waals surface area contributed by atoms with Gasteiger partial charge in [-0.05, 0) is 11.8 Å². The van der Waals surface area contributed by atoms with Crippen LogP contribution in [0.1, 0.15) is 39.7 Å². The third-order valence-electron chi connectivity index (χ3n) is 3.94. The van der Waals surface area contributed by atoms with E-state index in [2.05, 4.69) is 4.74 Å². The molecule has 0 bridgehead atoms. The van der Waals surface area contributed by atoms with Crippen LogP contribution in [0.4, 0.5) is 13.2 Å². The van der Waals surface area contributed by atoms with Gasteiger partial charge in [0.2, 0.25) is 0 Å². The van der Waals surface area contributed by atoms with Crippen LogP contribution in [0.25, 0.3) is 0 Å². The first-order valence-electron chi connectivity index (χ1n) is 8.38. The zero-order valence-corrected chi connectivity index (χ0v) is 15.6. The highest BCUT2D eigenvalue weighted by Gasteiger charge is 2.64. The molecule has 0 aliphatic heterocycles. The van der Waals surface area contributed by atoms with Crippen LogP contribution in [0.5, 0.6) is 0 Å². The minimum Gasteiger partial charge on any atom is -0.451 e. The minimum absolute atomic E-state index is 0.00799. The monoisotopic (exact) mass is 374 g/mol. The second kappa shape index (κ2) is 8.66. The van der Waals surface area contributed by atoms with E-state index in [1.165, 1.54) is 18.2 Å². The van der Waals surface area contributed by atoms with E-state index in [0.29, 0.717) is 0 Å². The lowest BCUT2D eigenvalue weighted by Crippen LogP contribution is -2.53. The number of alkyl halides is 3. The fourth-order valence-corrected chi connectivity index (χ4v) is 2.68. The molecule has 1 aromatic carbocycles. The molecule has 0 spiro atoms. The minimum atomic E-state index is -5.07. The molecule has 1 aromatic rings. The summed E-state index contributed by atoms with van der Waals surface area (Å²) in [6, 6.07) is 6.53. The second-order valence-corrected chi connectivity index (χ2v) is 6.88. The van der Waals surface area contributed by atoms with Gasteiger partial charge in [-0.25, -0.2) is 4.79 Å². The van der Waals surface area contributed by atoms with Crippen molar-refractivity contribution in [2.24, 2.45) is 11.8 Å². The normalized spacial score (nSPS) is 15.6. The highest BCUT2D eigenvalue weighted by molar-refractivity contribution is 5.89. The van der Waals surface area contributed by atoms with Gasteiger partial charge in [0, 0.05) is 19.1 Å². The highest BCUT2D eigenvalue weighted by Crippen LogP contribution is 2.43. The number of carbonyl (C=O) groups is 2. The quantitative estimate of drug-likeness (QED) is 0.638. The summed E-state index contributed by atoms with van der Waals surface area (Å²) in [5.41, 5.74) is -3.70. The van der Waals surface area contributed by atoms with Crippen molar-refractivity contribution in [2.75, 3.05) is 7.11 Å². The van der Waals surface area contributed by atoms with Crippen LogP contribution in [0.2, 0.25) is 0 Å². The number of carbonyl (C=O) groups excluding carboxylic acids is 2. The van der Waals surface area contributed by atoms with Gasteiger partial charge in [0.15, 0.2) is 11.9 Å². The van der Waals surface area contributed by atoms with Crippen LogP contribution in [-0.4, -0.2) is 31.1 Å². The van der Waals surface area contributed by atoms with Gasteiger partial charge in [-0.1, -0.05) is 58.0 Å². The maximum absolute atomic E-state index is 13.9. The van der Waals surface area contributed by atoms with Gasteiger partial charge >= 0.3 is 12.1 Å². The van der Waals surface area contributed by atoms with Gasteiger partial charge in [0.05, 0.1) is 0 Å². The SMILES string of the molecule is COC(C(=O)O[C@@H](C(=O)CC(C)C)C(C)C)(c1ccccc1)C(F)(F)F. The number of methoxy groups -OCH3 is 1. The molecule has 1 rings (SSSR count). The maximum atomic E-state index is 13.9. The number of esters is 1. The van der Waals surface area contributed by atoms with Crippen LogP contribution in [0.15, 0.2) is 30.3 Å². The summed E-state index contributed by atoms with van der Waals surface area (Å²) in [4.78, 5) is 25.0. The topological polar surface area (TPSA) is 52.6 Å². The Kier molecular flexibility index (Phi) is 7.38. The lowest BCUT2D eigenvalue weighted by molar-refractivity contribution is -0.278. The Balaban J connectivity index is 3.30. The first kappa shape index (κ1) is 22.2. The van der Waals surface area contributed by atoms with Crippen LogP contribution < -0.4 is 0 Å². The molecular formula is C19H25F3O4. The standard InChI is InChI=1S/C19H25F3O4/c1-12(2)11-15(23)16(13(3)4)26-17(24)18(25-5,19(20,21)22)14-9-7-6-8-10-14/h6-10,12-13,16H,11H2,1-5H3/t16-,18?/m1/s1. The van der Waals surface area contributed by atoms with Crippen molar-refractivity contribution in [1.82, 2.24) is 0 Å². The van der Waals surface area contributed by atoms with Gasteiger partial charge in [-0.2, -0.15) is 13.2 Å². The van der Waals surface area contributed by atoms with Crippen molar-refractivity contribution >= 4 is 11.8 Å². The number of ketones is 1. The summed E-state index contributed by atoms with van der Waals surface area (Å²) >= 11 is 0. The van der Waals surface area contributed by atoms with Crippen molar-refractivity contribution < 1.29 is 32.2 Å². The Morgan fingerprint density at radius 1 is 1.04 bits per heavy atom. The molecule has 0 aliphatic carbocycles. The summed E-state index contributed by atoms with van der Waals surface area (Å²) in [6.45, 7) is 6.83. The van der Waals surface area contributed by atoms with Gasteiger partial charge in [-0.3, -0.25) is 4.79 Å². The van der Waals surface area contributed by atoms with E-state index in [-0.39, 0.29) is 12.3 Å². The molecule has 4 nitrogen and oxygen atoms in total. The number of halogens is 3.